The molecule has 0 bridgehead atoms. The number of fused-ring (bicyclic) bond motifs is 1. The Morgan fingerprint density at radius 2 is 2.06 bits per heavy atom. The Morgan fingerprint density at radius 3 is 2.78 bits per heavy atom. The normalized spacial score (nSPS) is 12.3. The number of imidazole rings is 1. The van der Waals surface area contributed by atoms with Gasteiger partial charge in [-0.1, -0.05) is 0 Å². The highest BCUT2D eigenvalue weighted by molar-refractivity contribution is 5.95. The van der Waals surface area contributed by atoms with Gasteiger partial charge in [0.15, 0.2) is 0 Å². The fraction of sp³-hybridized carbons (Fsp3) is 0.227. The number of hydrogen-bond donors (Lipinski definition) is 4. The molecule has 0 aliphatic rings. The predicted molar refractivity (Wildman–Crippen MR) is 125 cm³/mol. The molecular weight excluding hydrogens is 408 g/mol. The fourth-order valence-electron chi connectivity index (χ4n) is 3.34. The molecule has 3 heterocycles. The molecule has 10 nitrogen and oxygen atoms in total. The minimum atomic E-state index is -0.355. The molecule has 0 unspecified atom stereocenters. The second kappa shape index (κ2) is 8.88. The largest absolute Gasteiger partial charge is 0.497 e. The molecule has 164 valence electrons. The molecule has 0 saturated heterocycles. The summed E-state index contributed by atoms with van der Waals surface area (Å²) < 4.78 is 5.28. The molecule has 5 N–H and O–H groups in total. The third-order valence-electron chi connectivity index (χ3n) is 4.95. The minimum Gasteiger partial charge on any atom is -0.497 e. The van der Waals surface area contributed by atoms with E-state index in [9.17, 15) is 4.79 Å². The number of methoxy groups -OCH3 is 1. The van der Waals surface area contributed by atoms with E-state index < -0.39 is 0 Å². The van der Waals surface area contributed by atoms with Crippen molar-refractivity contribution in [3.05, 3.63) is 58.5 Å². The van der Waals surface area contributed by atoms with Gasteiger partial charge in [0.25, 0.3) is 5.56 Å². The number of aliphatic imine (C=N–C) groups is 1. The van der Waals surface area contributed by atoms with Gasteiger partial charge in [-0.3, -0.25) is 9.79 Å². The van der Waals surface area contributed by atoms with Crippen molar-refractivity contribution < 1.29 is 4.74 Å². The molecule has 1 atom stereocenters. The molecule has 1 aromatic carbocycles. The second-order valence-electron chi connectivity index (χ2n) is 7.10. The number of anilines is 2. The van der Waals surface area contributed by atoms with Crippen molar-refractivity contribution in [2.75, 3.05) is 24.7 Å². The van der Waals surface area contributed by atoms with Crippen LogP contribution in [0.15, 0.2) is 46.4 Å². The molecule has 4 aromatic rings. The molecule has 4 rings (SSSR count). The van der Waals surface area contributed by atoms with Crippen LogP contribution >= 0.6 is 0 Å². The van der Waals surface area contributed by atoms with Crippen LogP contribution in [0.2, 0.25) is 0 Å². The quantitative estimate of drug-likeness (QED) is 0.328. The zero-order chi connectivity index (χ0) is 22.7. The molecule has 10 heteroatoms. The van der Waals surface area contributed by atoms with E-state index in [1.54, 1.807) is 31.8 Å². The van der Waals surface area contributed by atoms with E-state index >= 15 is 0 Å². The Labute approximate surface area is 184 Å². The SMILES string of the molecule is CCN=Cc1[nH]c(=O)c(-c2nc3ccc(OC)cc3[nH]2)c(N[C@@H](C)c2ncccn2)c1N. The number of hydrogen-bond acceptors (Lipinski definition) is 8. The fourth-order valence-corrected chi connectivity index (χ4v) is 3.34. The number of benzene rings is 1. The van der Waals surface area contributed by atoms with Gasteiger partial charge in [0.2, 0.25) is 0 Å². The number of nitrogens with two attached hydrogens (primary N) is 1. The third-order valence-corrected chi connectivity index (χ3v) is 4.95. The first-order valence-corrected chi connectivity index (χ1v) is 10.1. The summed E-state index contributed by atoms with van der Waals surface area (Å²) in [5, 5.41) is 3.30. The first kappa shape index (κ1) is 21.0. The van der Waals surface area contributed by atoms with E-state index in [2.05, 4.69) is 35.2 Å². The number of nitrogens with zero attached hydrogens (tertiary/aromatic N) is 4. The van der Waals surface area contributed by atoms with Crippen LogP contribution in [-0.2, 0) is 0 Å². The van der Waals surface area contributed by atoms with Crippen LogP contribution in [0, 0.1) is 0 Å². The van der Waals surface area contributed by atoms with Crippen molar-refractivity contribution in [2.24, 2.45) is 4.99 Å². The first-order chi connectivity index (χ1) is 15.5. The summed E-state index contributed by atoms with van der Waals surface area (Å²) in [5.74, 6) is 1.63. The molecule has 0 radical (unpaired) electrons. The molecule has 0 aliphatic heterocycles. The number of aromatic amines is 2. The van der Waals surface area contributed by atoms with Crippen LogP contribution < -0.4 is 21.3 Å². The predicted octanol–water partition coefficient (Wildman–Crippen LogP) is 2.91. The van der Waals surface area contributed by atoms with Gasteiger partial charge in [-0.25, -0.2) is 15.0 Å². The third kappa shape index (κ3) is 4.02. The van der Waals surface area contributed by atoms with Gasteiger partial charge < -0.3 is 25.8 Å². The van der Waals surface area contributed by atoms with Crippen LogP contribution in [-0.4, -0.2) is 44.8 Å². The number of ether oxygens (including phenoxy) is 1. The number of nitrogen functional groups attached to an aromatic ring is 1. The Balaban J connectivity index is 1.88. The Morgan fingerprint density at radius 1 is 1.28 bits per heavy atom. The average Bonchev–Trinajstić information content (AvgIpc) is 3.23. The molecule has 0 amide bonds. The smallest absolute Gasteiger partial charge is 0.261 e. The molecular formula is C22H24N8O2. The van der Waals surface area contributed by atoms with Gasteiger partial charge in [0.1, 0.15) is 23.0 Å². The molecule has 0 saturated carbocycles. The van der Waals surface area contributed by atoms with Crippen molar-refractivity contribution in [3.8, 4) is 17.1 Å². The molecule has 0 fully saturated rings. The highest BCUT2D eigenvalue weighted by Crippen LogP contribution is 2.33. The van der Waals surface area contributed by atoms with E-state index in [1.165, 1.54) is 0 Å². The van der Waals surface area contributed by atoms with Crippen molar-refractivity contribution in [1.29, 1.82) is 0 Å². The Bertz CT molecular complexity index is 1330. The monoisotopic (exact) mass is 432 g/mol. The number of H-pyrrole nitrogens is 2. The maximum absolute atomic E-state index is 13.2. The summed E-state index contributed by atoms with van der Waals surface area (Å²) in [7, 11) is 1.59. The van der Waals surface area contributed by atoms with E-state index in [4.69, 9.17) is 10.5 Å². The number of aromatic nitrogens is 5. The number of nitrogens with one attached hydrogen (secondary N) is 3. The van der Waals surface area contributed by atoms with Crippen LogP contribution in [0.3, 0.4) is 0 Å². The van der Waals surface area contributed by atoms with Gasteiger partial charge >= 0.3 is 0 Å². The zero-order valence-corrected chi connectivity index (χ0v) is 18.0. The highest BCUT2D eigenvalue weighted by atomic mass is 16.5. The Hall–Kier alpha value is -4.21. The minimum absolute atomic E-state index is 0.286. The lowest BCUT2D eigenvalue weighted by Crippen LogP contribution is -2.21. The Kier molecular flexibility index (Phi) is 5.84. The van der Waals surface area contributed by atoms with Gasteiger partial charge in [0, 0.05) is 31.2 Å². The lowest BCUT2D eigenvalue weighted by atomic mass is 10.1. The van der Waals surface area contributed by atoms with Gasteiger partial charge in [-0.05, 0) is 32.0 Å². The van der Waals surface area contributed by atoms with E-state index in [-0.39, 0.29) is 17.2 Å². The molecule has 0 aliphatic carbocycles. The van der Waals surface area contributed by atoms with E-state index in [0.29, 0.717) is 46.5 Å². The van der Waals surface area contributed by atoms with Crippen LogP contribution in [0.25, 0.3) is 22.4 Å². The van der Waals surface area contributed by atoms with Crippen LogP contribution in [0.1, 0.15) is 31.4 Å². The summed E-state index contributed by atoms with van der Waals surface area (Å²) in [6.45, 7) is 4.35. The standard InChI is InChI=1S/C22H24N8O2/c1-4-24-11-16-18(23)19(27-12(2)20-25-8-5-9-26-20)17(22(31)30-16)21-28-14-7-6-13(32-3)10-15(14)29-21/h5-12H,4,23H2,1-3H3,(H,28,29)(H2,27,30,31)/t12-/m0/s1. The number of rotatable bonds is 7. The lowest BCUT2D eigenvalue weighted by Gasteiger charge is -2.19. The maximum atomic E-state index is 13.2. The highest BCUT2D eigenvalue weighted by Gasteiger charge is 2.22. The average molecular weight is 432 g/mol. The van der Waals surface area contributed by atoms with Crippen molar-refractivity contribution in [3.63, 3.8) is 0 Å². The lowest BCUT2D eigenvalue weighted by molar-refractivity contribution is 0.415. The van der Waals surface area contributed by atoms with Crippen LogP contribution in [0.5, 0.6) is 5.75 Å². The summed E-state index contributed by atoms with van der Waals surface area (Å²) in [5.41, 5.74) is 9.02. The van der Waals surface area contributed by atoms with Gasteiger partial charge in [-0.15, -0.1) is 0 Å². The zero-order valence-electron chi connectivity index (χ0n) is 18.0. The summed E-state index contributed by atoms with van der Waals surface area (Å²) >= 11 is 0. The first-order valence-electron chi connectivity index (χ1n) is 10.1. The second-order valence-corrected chi connectivity index (χ2v) is 7.10. The van der Waals surface area contributed by atoms with Crippen molar-refractivity contribution in [2.45, 2.75) is 19.9 Å². The van der Waals surface area contributed by atoms with Crippen LogP contribution in [0.4, 0.5) is 11.4 Å². The van der Waals surface area contributed by atoms with Crippen molar-refractivity contribution in [1.82, 2.24) is 24.9 Å². The topological polar surface area (TPSA) is 147 Å². The molecule has 0 spiro atoms. The summed E-state index contributed by atoms with van der Waals surface area (Å²) in [6, 6.07) is 6.87. The van der Waals surface area contributed by atoms with Crippen molar-refractivity contribution >= 4 is 28.6 Å². The van der Waals surface area contributed by atoms with E-state index in [1.807, 2.05) is 32.0 Å². The van der Waals surface area contributed by atoms with Gasteiger partial charge in [-0.2, -0.15) is 0 Å². The summed E-state index contributed by atoms with van der Waals surface area (Å²) in [4.78, 5) is 36.6. The van der Waals surface area contributed by atoms with Gasteiger partial charge in [0.05, 0.1) is 41.3 Å². The number of pyridine rings is 1. The molecule has 32 heavy (non-hydrogen) atoms. The summed E-state index contributed by atoms with van der Waals surface area (Å²) in [6.07, 6.45) is 4.88. The van der Waals surface area contributed by atoms with E-state index in [0.717, 1.165) is 5.52 Å². The molecule has 3 aromatic heterocycles. The maximum Gasteiger partial charge on any atom is 0.261 e.